The number of hydrogen-bond acceptors (Lipinski definition) is 3. The molecule has 1 aliphatic rings. The fourth-order valence-corrected chi connectivity index (χ4v) is 1.28. The third-order valence-electron chi connectivity index (χ3n) is 2.08. The lowest BCUT2D eigenvalue weighted by atomic mass is 9.98. The Hall–Kier alpha value is -1.22. The summed E-state index contributed by atoms with van der Waals surface area (Å²) >= 11 is 0. The van der Waals surface area contributed by atoms with Gasteiger partial charge in [0.15, 0.2) is 11.5 Å². The van der Waals surface area contributed by atoms with Crippen molar-refractivity contribution in [2.45, 2.75) is 19.4 Å². The molecule has 0 aliphatic carbocycles. The average molecular weight is 180 g/mol. The van der Waals surface area contributed by atoms with Crippen LogP contribution in [-0.2, 0) is 5.60 Å². The molecule has 1 aromatic rings. The largest absolute Gasteiger partial charge is 0.454 e. The molecule has 0 saturated carbocycles. The molecule has 0 bridgehead atoms. The first-order chi connectivity index (χ1) is 6.07. The van der Waals surface area contributed by atoms with Gasteiger partial charge in [-0.3, -0.25) is 0 Å². The summed E-state index contributed by atoms with van der Waals surface area (Å²) in [5.74, 6) is 1.45. The highest BCUT2D eigenvalue weighted by molar-refractivity contribution is 5.45. The van der Waals surface area contributed by atoms with E-state index in [0.29, 0.717) is 5.75 Å². The van der Waals surface area contributed by atoms with Crippen molar-refractivity contribution in [3.05, 3.63) is 23.8 Å². The minimum Gasteiger partial charge on any atom is -0.454 e. The van der Waals surface area contributed by atoms with E-state index < -0.39 is 5.60 Å². The van der Waals surface area contributed by atoms with Crippen molar-refractivity contribution in [2.75, 3.05) is 6.79 Å². The summed E-state index contributed by atoms with van der Waals surface area (Å²) < 4.78 is 10.4. The van der Waals surface area contributed by atoms with Gasteiger partial charge in [-0.15, -0.1) is 0 Å². The second-order valence-electron chi connectivity index (χ2n) is 3.63. The predicted octanol–water partition coefficient (Wildman–Crippen LogP) is 1.64. The molecule has 0 unspecified atom stereocenters. The van der Waals surface area contributed by atoms with Crippen molar-refractivity contribution in [1.29, 1.82) is 0 Å². The molecule has 0 radical (unpaired) electrons. The Balaban J connectivity index is 2.42. The molecule has 0 spiro atoms. The number of hydrogen-bond donors (Lipinski definition) is 1. The third-order valence-corrected chi connectivity index (χ3v) is 2.08. The number of fused-ring (bicyclic) bond motifs is 1. The van der Waals surface area contributed by atoms with Crippen LogP contribution in [0, 0.1) is 0 Å². The van der Waals surface area contributed by atoms with Crippen molar-refractivity contribution in [3.8, 4) is 11.5 Å². The smallest absolute Gasteiger partial charge is 0.231 e. The highest BCUT2D eigenvalue weighted by Gasteiger charge is 2.20. The zero-order chi connectivity index (χ0) is 9.47. The monoisotopic (exact) mass is 180 g/mol. The maximum Gasteiger partial charge on any atom is 0.231 e. The van der Waals surface area contributed by atoms with Crippen molar-refractivity contribution in [1.82, 2.24) is 0 Å². The molecule has 2 rings (SSSR count). The lowest BCUT2D eigenvalue weighted by Gasteiger charge is -2.17. The van der Waals surface area contributed by atoms with Gasteiger partial charge in [0.1, 0.15) is 0 Å². The van der Waals surface area contributed by atoms with Gasteiger partial charge in [-0.1, -0.05) is 6.07 Å². The molecule has 13 heavy (non-hydrogen) atoms. The predicted molar refractivity (Wildman–Crippen MR) is 47.8 cm³/mol. The van der Waals surface area contributed by atoms with E-state index in [2.05, 4.69) is 0 Å². The fraction of sp³-hybridized carbons (Fsp3) is 0.400. The van der Waals surface area contributed by atoms with E-state index >= 15 is 0 Å². The van der Waals surface area contributed by atoms with Crippen molar-refractivity contribution in [2.24, 2.45) is 0 Å². The first kappa shape index (κ1) is 8.38. The summed E-state index contributed by atoms with van der Waals surface area (Å²) in [6.07, 6.45) is 0. The molecule has 0 aromatic heterocycles. The molecule has 3 nitrogen and oxygen atoms in total. The van der Waals surface area contributed by atoms with Crippen LogP contribution < -0.4 is 9.47 Å². The number of benzene rings is 1. The summed E-state index contributed by atoms with van der Waals surface area (Å²) in [5.41, 5.74) is -0.00204. The van der Waals surface area contributed by atoms with Gasteiger partial charge in [0.2, 0.25) is 6.79 Å². The Morgan fingerprint density at radius 3 is 2.62 bits per heavy atom. The summed E-state index contributed by atoms with van der Waals surface area (Å²) in [6.45, 7) is 3.75. The zero-order valence-corrected chi connectivity index (χ0v) is 7.70. The van der Waals surface area contributed by atoms with Crippen LogP contribution >= 0.6 is 0 Å². The van der Waals surface area contributed by atoms with E-state index in [9.17, 15) is 5.11 Å². The maximum absolute atomic E-state index is 9.72. The van der Waals surface area contributed by atoms with Crippen LogP contribution in [0.3, 0.4) is 0 Å². The van der Waals surface area contributed by atoms with Gasteiger partial charge in [-0.2, -0.15) is 0 Å². The molecule has 70 valence electrons. The topological polar surface area (TPSA) is 38.7 Å². The van der Waals surface area contributed by atoms with Gasteiger partial charge >= 0.3 is 0 Å². The molecule has 0 atom stereocenters. The Bertz CT molecular complexity index is 325. The standard InChI is InChI=1S/C10H12O3/c1-10(2,11)7-3-4-8-9(5-7)13-6-12-8/h3-5,11H,6H2,1-2H3. The molecule has 0 fully saturated rings. The van der Waals surface area contributed by atoms with E-state index in [0.717, 1.165) is 11.3 Å². The van der Waals surface area contributed by atoms with Gasteiger partial charge in [0.05, 0.1) is 5.60 Å². The van der Waals surface area contributed by atoms with Crippen LogP contribution in [0.1, 0.15) is 19.4 Å². The summed E-state index contributed by atoms with van der Waals surface area (Å²) in [4.78, 5) is 0. The fourth-order valence-electron chi connectivity index (χ4n) is 1.28. The zero-order valence-electron chi connectivity index (χ0n) is 7.70. The van der Waals surface area contributed by atoms with Crippen LogP contribution in [-0.4, -0.2) is 11.9 Å². The van der Waals surface area contributed by atoms with Gasteiger partial charge in [-0.05, 0) is 31.5 Å². The first-order valence-corrected chi connectivity index (χ1v) is 4.20. The van der Waals surface area contributed by atoms with E-state index in [-0.39, 0.29) is 6.79 Å². The SMILES string of the molecule is CC(C)(O)c1ccc2c(c1)OCO2. The lowest BCUT2D eigenvalue weighted by Crippen LogP contribution is -2.14. The second kappa shape index (κ2) is 2.64. The summed E-state index contributed by atoms with van der Waals surface area (Å²) in [7, 11) is 0. The summed E-state index contributed by atoms with van der Waals surface area (Å²) in [6, 6.07) is 5.46. The van der Waals surface area contributed by atoms with Crippen LogP contribution in [0.25, 0.3) is 0 Å². The molecular weight excluding hydrogens is 168 g/mol. The quantitative estimate of drug-likeness (QED) is 0.714. The van der Waals surface area contributed by atoms with Crippen LogP contribution in [0.4, 0.5) is 0 Å². The Labute approximate surface area is 76.9 Å². The molecule has 0 saturated heterocycles. The highest BCUT2D eigenvalue weighted by Crippen LogP contribution is 2.35. The minimum atomic E-state index is -0.832. The average Bonchev–Trinajstić information content (AvgIpc) is 2.47. The van der Waals surface area contributed by atoms with E-state index in [1.807, 2.05) is 18.2 Å². The van der Waals surface area contributed by atoms with Crippen LogP contribution in [0.2, 0.25) is 0 Å². The minimum absolute atomic E-state index is 0.268. The Morgan fingerprint density at radius 2 is 1.92 bits per heavy atom. The number of aliphatic hydroxyl groups is 1. The van der Waals surface area contributed by atoms with E-state index in [1.165, 1.54) is 0 Å². The molecule has 3 heteroatoms. The van der Waals surface area contributed by atoms with Gasteiger partial charge in [0, 0.05) is 0 Å². The Morgan fingerprint density at radius 1 is 1.23 bits per heavy atom. The van der Waals surface area contributed by atoms with E-state index in [1.54, 1.807) is 13.8 Å². The molecule has 0 amide bonds. The van der Waals surface area contributed by atoms with Crippen molar-refractivity contribution >= 4 is 0 Å². The van der Waals surface area contributed by atoms with Crippen LogP contribution in [0.15, 0.2) is 18.2 Å². The summed E-state index contributed by atoms with van der Waals surface area (Å²) in [5, 5.41) is 9.72. The van der Waals surface area contributed by atoms with Crippen LogP contribution in [0.5, 0.6) is 11.5 Å². The lowest BCUT2D eigenvalue weighted by molar-refractivity contribution is 0.0783. The molecule has 1 aromatic carbocycles. The van der Waals surface area contributed by atoms with Crippen molar-refractivity contribution in [3.63, 3.8) is 0 Å². The first-order valence-electron chi connectivity index (χ1n) is 4.20. The van der Waals surface area contributed by atoms with Gasteiger partial charge < -0.3 is 14.6 Å². The third kappa shape index (κ3) is 1.47. The maximum atomic E-state index is 9.72. The van der Waals surface area contributed by atoms with Gasteiger partial charge in [-0.25, -0.2) is 0 Å². The molecule has 1 aliphatic heterocycles. The van der Waals surface area contributed by atoms with E-state index in [4.69, 9.17) is 9.47 Å². The Kier molecular flexibility index (Phi) is 1.70. The van der Waals surface area contributed by atoms with Crippen molar-refractivity contribution < 1.29 is 14.6 Å². The highest BCUT2D eigenvalue weighted by atomic mass is 16.7. The second-order valence-corrected chi connectivity index (χ2v) is 3.63. The number of ether oxygens (including phenoxy) is 2. The number of rotatable bonds is 1. The normalized spacial score (nSPS) is 14.7. The molecule has 1 heterocycles. The van der Waals surface area contributed by atoms with Gasteiger partial charge in [0.25, 0.3) is 0 Å². The molecular formula is C10H12O3. The molecule has 1 N–H and O–H groups in total.